The van der Waals surface area contributed by atoms with E-state index in [4.69, 9.17) is 5.84 Å². The number of nitrogens with two attached hydrogens (primary N) is 1. The molecule has 7 nitrogen and oxygen atoms in total. The van der Waals surface area contributed by atoms with E-state index in [9.17, 15) is 8.42 Å². The Morgan fingerprint density at radius 2 is 1.65 bits per heavy atom. The first kappa shape index (κ1) is 16.8. The number of hydrogen-bond donors (Lipinski definition) is 3. The Hall–Kier alpha value is -1.25. The van der Waals surface area contributed by atoms with Crippen LogP contribution < -0.4 is 16.0 Å². The van der Waals surface area contributed by atoms with Crippen LogP contribution in [0, 0.1) is 5.41 Å². The van der Waals surface area contributed by atoms with E-state index >= 15 is 0 Å². The average Bonchev–Trinajstić information content (AvgIpc) is 2.24. The summed E-state index contributed by atoms with van der Waals surface area (Å²) in [5, 5.41) is 0. The number of nitrogens with zero attached hydrogens (tertiary/aromatic N) is 2. The summed E-state index contributed by atoms with van der Waals surface area (Å²) in [6, 6.07) is 0. The Bertz CT molecular complexity index is 546. The molecule has 0 saturated carbocycles. The predicted octanol–water partition coefficient (Wildman–Crippen LogP) is 1.26. The third-order valence-corrected chi connectivity index (χ3v) is 4.10. The number of hydrogen-bond acceptors (Lipinski definition) is 6. The molecule has 1 aromatic rings. The van der Waals surface area contributed by atoms with Gasteiger partial charge in [0.2, 0.25) is 16.0 Å². The monoisotopic (exact) mass is 301 g/mol. The standard InChI is InChI=1S/C12H23N5O2S/c1-11(2,3)8-12(4,5)17-20(18,19)9-6-14-10(16-13)15-7-9/h6-7,17H,8,13H2,1-5H3,(H,14,15,16). The normalized spacial score (nSPS) is 13.3. The van der Waals surface area contributed by atoms with Crippen LogP contribution in [0.1, 0.15) is 41.0 Å². The van der Waals surface area contributed by atoms with E-state index in [1.54, 1.807) is 0 Å². The lowest BCUT2D eigenvalue weighted by molar-refractivity contribution is 0.269. The van der Waals surface area contributed by atoms with Crippen molar-refractivity contribution in [3.63, 3.8) is 0 Å². The highest BCUT2D eigenvalue weighted by atomic mass is 32.2. The molecular weight excluding hydrogens is 278 g/mol. The molecule has 0 aliphatic rings. The van der Waals surface area contributed by atoms with Crippen LogP contribution in [0.3, 0.4) is 0 Å². The molecule has 4 N–H and O–H groups in total. The number of aromatic nitrogens is 2. The first-order valence-corrected chi connectivity index (χ1v) is 7.76. The molecule has 0 fully saturated rings. The van der Waals surface area contributed by atoms with Gasteiger partial charge in [0.15, 0.2) is 0 Å². The number of nitrogens with one attached hydrogen (secondary N) is 2. The molecule has 0 aliphatic heterocycles. The maximum atomic E-state index is 12.3. The zero-order chi connectivity index (χ0) is 15.6. The third kappa shape index (κ3) is 5.03. The van der Waals surface area contributed by atoms with Crippen molar-refractivity contribution < 1.29 is 8.42 Å². The number of sulfonamides is 1. The van der Waals surface area contributed by atoms with Gasteiger partial charge in [0.05, 0.1) is 12.4 Å². The van der Waals surface area contributed by atoms with Crippen molar-refractivity contribution in [2.45, 2.75) is 51.5 Å². The molecule has 1 aromatic heterocycles. The summed E-state index contributed by atoms with van der Waals surface area (Å²) in [7, 11) is -3.66. The zero-order valence-corrected chi connectivity index (χ0v) is 13.4. The molecule has 0 unspecified atom stereocenters. The molecule has 0 saturated heterocycles. The molecule has 8 heteroatoms. The minimum atomic E-state index is -3.66. The van der Waals surface area contributed by atoms with Gasteiger partial charge < -0.3 is 0 Å². The minimum Gasteiger partial charge on any atom is -0.292 e. The van der Waals surface area contributed by atoms with Gasteiger partial charge in [-0.15, -0.1) is 0 Å². The Morgan fingerprint density at radius 3 is 2.05 bits per heavy atom. The number of hydrazine groups is 1. The quantitative estimate of drug-likeness (QED) is 0.558. The van der Waals surface area contributed by atoms with Gasteiger partial charge in [0.1, 0.15) is 4.90 Å². The topological polar surface area (TPSA) is 110 Å². The summed E-state index contributed by atoms with van der Waals surface area (Å²) in [5.74, 6) is 5.30. The van der Waals surface area contributed by atoms with Crippen molar-refractivity contribution in [1.82, 2.24) is 14.7 Å². The largest absolute Gasteiger partial charge is 0.292 e. The fraction of sp³-hybridized carbons (Fsp3) is 0.667. The van der Waals surface area contributed by atoms with E-state index in [0.717, 1.165) is 0 Å². The van der Waals surface area contributed by atoms with Gasteiger partial charge in [-0.1, -0.05) is 20.8 Å². The molecule has 114 valence electrons. The first-order chi connectivity index (χ1) is 8.95. The first-order valence-electron chi connectivity index (χ1n) is 6.28. The van der Waals surface area contributed by atoms with Crippen LogP contribution in [0.25, 0.3) is 0 Å². The second kappa shape index (κ2) is 5.63. The molecular formula is C12H23N5O2S. The second-order valence-corrected chi connectivity index (χ2v) is 8.30. The lowest BCUT2D eigenvalue weighted by Crippen LogP contribution is -2.45. The second-order valence-electron chi connectivity index (χ2n) is 6.61. The smallest absolute Gasteiger partial charge is 0.244 e. The average molecular weight is 301 g/mol. The van der Waals surface area contributed by atoms with Crippen LogP contribution in [0.4, 0.5) is 5.95 Å². The highest BCUT2D eigenvalue weighted by Crippen LogP contribution is 2.28. The lowest BCUT2D eigenvalue weighted by Gasteiger charge is -2.32. The molecule has 0 aromatic carbocycles. The van der Waals surface area contributed by atoms with Gasteiger partial charge >= 0.3 is 0 Å². The van der Waals surface area contributed by atoms with Crippen LogP contribution in [0.15, 0.2) is 17.3 Å². The Balaban J connectivity index is 2.93. The SMILES string of the molecule is CC(C)(C)CC(C)(C)NS(=O)(=O)c1cnc(NN)nc1. The Labute approximate surface area is 120 Å². The summed E-state index contributed by atoms with van der Waals surface area (Å²) < 4.78 is 27.3. The molecule has 1 heterocycles. The predicted molar refractivity (Wildman–Crippen MR) is 78.3 cm³/mol. The molecule has 0 atom stereocenters. The van der Waals surface area contributed by atoms with Crippen molar-refractivity contribution in [3.05, 3.63) is 12.4 Å². The molecule has 0 radical (unpaired) electrons. The van der Waals surface area contributed by atoms with Crippen molar-refractivity contribution in [2.24, 2.45) is 11.3 Å². The fourth-order valence-corrected chi connectivity index (χ4v) is 3.61. The van der Waals surface area contributed by atoms with Gasteiger partial charge in [-0.3, -0.25) is 5.43 Å². The molecule has 1 rings (SSSR count). The fourth-order valence-electron chi connectivity index (χ4n) is 2.31. The van der Waals surface area contributed by atoms with Crippen molar-refractivity contribution in [1.29, 1.82) is 0 Å². The minimum absolute atomic E-state index is 0.00977. The van der Waals surface area contributed by atoms with E-state index in [0.29, 0.717) is 6.42 Å². The van der Waals surface area contributed by atoms with Crippen LogP contribution in [0.5, 0.6) is 0 Å². The van der Waals surface area contributed by atoms with E-state index in [-0.39, 0.29) is 16.3 Å². The van der Waals surface area contributed by atoms with Gasteiger partial charge in [0.25, 0.3) is 0 Å². The van der Waals surface area contributed by atoms with Crippen LogP contribution in [-0.2, 0) is 10.0 Å². The van der Waals surface area contributed by atoms with Gasteiger partial charge in [-0.05, 0) is 25.7 Å². The molecule has 0 bridgehead atoms. The Morgan fingerprint density at radius 1 is 1.15 bits per heavy atom. The zero-order valence-electron chi connectivity index (χ0n) is 12.6. The van der Waals surface area contributed by atoms with Gasteiger partial charge in [-0.25, -0.2) is 29.0 Å². The maximum Gasteiger partial charge on any atom is 0.244 e. The van der Waals surface area contributed by atoms with E-state index in [1.807, 2.05) is 13.8 Å². The summed E-state index contributed by atoms with van der Waals surface area (Å²) in [4.78, 5) is 7.62. The van der Waals surface area contributed by atoms with Crippen LogP contribution in [-0.4, -0.2) is 23.9 Å². The molecule has 20 heavy (non-hydrogen) atoms. The van der Waals surface area contributed by atoms with Gasteiger partial charge in [-0.2, -0.15) is 0 Å². The summed E-state index contributed by atoms with van der Waals surface area (Å²) in [6.07, 6.45) is 3.14. The van der Waals surface area contributed by atoms with Crippen molar-refractivity contribution in [2.75, 3.05) is 5.43 Å². The highest BCUT2D eigenvalue weighted by Gasteiger charge is 2.30. The number of rotatable bonds is 5. The van der Waals surface area contributed by atoms with E-state index in [2.05, 4.69) is 40.9 Å². The van der Waals surface area contributed by atoms with E-state index < -0.39 is 15.6 Å². The Kier molecular flexibility index (Phi) is 4.73. The van der Waals surface area contributed by atoms with Crippen molar-refractivity contribution in [3.8, 4) is 0 Å². The number of anilines is 1. The highest BCUT2D eigenvalue weighted by molar-refractivity contribution is 7.89. The van der Waals surface area contributed by atoms with Crippen molar-refractivity contribution >= 4 is 16.0 Å². The van der Waals surface area contributed by atoms with Gasteiger partial charge in [0, 0.05) is 5.54 Å². The maximum absolute atomic E-state index is 12.3. The van der Waals surface area contributed by atoms with E-state index in [1.165, 1.54) is 12.4 Å². The van der Waals surface area contributed by atoms with Crippen LogP contribution in [0.2, 0.25) is 0 Å². The summed E-state index contributed by atoms with van der Waals surface area (Å²) in [5.41, 5.74) is 1.69. The third-order valence-electron chi connectivity index (χ3n) is 2.45. The lowest BCUT2D eigenvalue weighted by atomic mass is 9.82. The summed E-state index contributed by atoms with van der Waals surface area (Å²) in [6.45, 7) is 9.90. The summed E-state index contributed by atoms with van der Waals surface area (Å²) >= 11 is 0. The number of nitrogen functional groups attached to an aromatic ring is 1. The van der Waals surface area contributed by atoms with Crippen LogP contribution >= 0.6 is 0 Å². The molecule has 0 aliphatic carbocycles. The molecule has 0 amide bonds. The molecule has 0 spiro atoms.